The number of likely N-dealkylation sites (N-methyl/N-ethyl adjacent to an activating group) is 1. The summed E-state index contributed by atoms with van der Waals surface area (Å²) in [6.45, 7) is 1.88. The van der Waals surface area contributed by atoms with Crippen LogP contribution in [0.1, 0.15) is 48.8 Å². The number of nitrogens with zero attached hydrogens (tertiary/aromatic N) is 4. The van der Waals surface area contributed by atoms with Crippen molar-refractivity contribution in [1.29, 1.82) is 0 Å². The molecule has 0 spiro atoms. The summed E-state index contributed by atoms with van der Waals surface area (Å²) in [5, 5.41) is 0. The van der Waals surface area contributed by atoms with Crippen LogP contribution in [-0.4, -0.2) is 54.5 Å². The number of hydrogen-bond acceptors (Lipinski definition) is 7. The zero-order valence-electron chi connectivity index (χ0n) is 21.3. The van der Waals surface area contributed by atoms with Crippen molar-refractivity contribution in [2.75, 3.05) is 18.8 Å². The van der Waals surface area contributed by atoms with E-state index in [2.05, 4.69) is 19.7 Å². The Labute approximate surface area is 220 Å². The van der Waals surface area contributed by atoms with Crippen LogP contribution >= 0.6 is 0 Å². The maximum absolute atomic E-state index is 13.2. The van der Waals surface area contributed by atoms with E-state index >= 15 is 0 Å². The van der Waals surface area contributed by atoms with E-state index in [1.54, 1.807) is 6.07 Å². The molecule has 1 aliphatic rings. The molecule has 4 rings (SSSR count). The van der Waals surface area contributed by atoms with Gasteiger partial charge in [0.25, 0.3) is 10.0 Å². The van der Waals surface area contributed by atoms with Crippen molar-refractivity contribution in [3.05, 3.63) is 71.8 Å². The number of nitrogens with one attached hydrogen (secondary N) is 1. The van der Waals surface area contributed by atoms with Crippen LogP contribution in [0, 0.1) is 0 Å². The van der Waals surface area contributed by atoms with Crippen molar-refractivity contribution in [1.82, 2.24) is 19.9 Å². The van der Waals surface area contributed by atoms with Gasteiger partial charge >= 0.3 is 6.18 Å². The van der Waals surface area contributed by atoms with Gasteiger partial charge in [0.1, 0.15) is 23.1 Å². The number of anilines is 1. The first kappa shape index (κ1) is 27.8. The Morgan fingerprint density at radius 3 is 2.58 bits per heavy atom. The summed E-state index contributed by atoms with van der Waals surface area (Å²) < 4.78 is 74.1. The highest BCUT2D eigenvalue weighted by Crippen LogP contribution is 2.39. The summed E-state index contributed by atoms with van der Waals surface area (Å²) in [6.07, 6.45) is 1.67. The van der Waals surface area contributed by atoms with Crippen LogP contribution in [0.3, 0.4) is 0 Å². The first-order valence-corrected chi connectivity index (χ1v) is 13.7. The largest absolute Gasteiger partial charge is 0.472 e. The average molecular weight is 550 g/mol. The summed E-state index contributed by atoms with van der Waals surface area (Å²) in [5.41, 5.74) is 0.659. The lowest BCUT2D eigenvalue weighted by molar-refractivity contribution is -0.137. The van der Waals surface area contributed by atoms with Crippen molar-refractivity contribution >= 4 is 15.8 Å². The first-order chi connectivity index (χ1) is 18.0. The molecule has 0 radical (unpaired) electrons. The van der Waals surface area contributed by atoms with Crippen molar-refractivity contribution in [3.8, 4) is 5.88 Å². The normalized spacial score (nSPS) is 20.3. The fourth-order valence-corrected chi connectivity index (χ4v) is 5.75. The predicted octanol–water partition coefficient (Wildman–Crippen LogP) is 4.90. The lowest BCUT2D eigenvalue weighted by Crippen LogP contribution is -2.46. The molecule has 1 saturated carbocycles. The molecule has 2 heterocycles. The maximum atomic E-state index is 13.2. The van der Waals surface area contributed by atoms with Crippen molar-refractivity contribution in [3.63, 3.8) is 0 Å². The van der Waals surface area contributed by atoms with E-state index in [4.69, 9.17) is 4.74 Å². The van der Waals surface area contributed by atoms with Crippen LogP contribution in [0.2, 0.25) is 0 Å². The molecule has 0 amide bonds. The van der Waals surface area contributed by atoms with Crippen molar-refractivity contribution in [2.24, 2.45) is 0 Å². The Morgan fingerprint density at radius 1 is 1.13 bits per heavy atom. The Hall–Kier alpha value is -3.25. The van der Waals surface area contributed by atoms with E-state index in [0.29, 0.717) is 42.7 Å². The second kappa shape index (κ2) is 11.2. The fraction of sp³-hybridized carbons (Fsp3) is 0.423. The Kier molecular flexibility index (Phi) is 8.22. The number of aromatic nitrogens is 3. The lowest BCUT2D eigenvalue weighted by Gasteiger charge is -2.40. The second-order valence-corrected chi connectivity index (χ2v) is 11.2. The van der Waals surface area contributed by atoms with Crippen molar-refractivity contribution in [2.45, 2.75) is 61.7 Å². The molecule has 1 aliphatic carbocycles. The van der Waals surface area contributed by atoms with Crippen molar-refractivity contribution < 1.29 is 26.3 Å². The molecule has 38 heavy (non-hydrogen) atoms. The summed E-state index contributed by atoms with van der Waals surface area (Å²) >= 11 is 0. The van der Waals surface area contributed by atoms with E-state index in [1.807, 2.05) is 25.9 Å². The van der Waals surface area contributed by atoms with Gasteiger partial charge in [-0.05, 0) is 69.5 Å². The van der Waals surface area contributed by atoms with Crippen LogP contribution in [0.15, 0.2) is 60.0 Å². The highest BCUT2D eigenvalue weighted by Gasteiger charge is 2.36. The van der Waals surface area contributed by atoms with Gasteiger partial charge in [-0.25, -0.2) is 23.4 Å². The molecule has 3 unspecified atom stereocenters. The van der Waals surface area contributed by atoms with Gasteiger partial charge in [0, 0.05) is 17.8 Å². The zero-order valence-corrected chi connectivity index (χ0v) is 22.1. The van der Waals surface area contributed by atoms with Crippen LogP contribution in [0.5, 0.6) is 5.88 Å². The molecular weight excluding hydrogens is 519 g/mol. The Morgan fingerprint density at radius 2 is 1.92 bits per heavy atom. The highest BCUT2D eigenvalue weighted by atomic mass is 32.2. The molecule has 0 saturated heterocycles. The third-order valence-electron chi connectivity index (χ3n) is 6.78. The molecule has 2 aromatic heterocycles. The van der Waals surface area contributed by atoms with Gasteiger partial charge in [-0.2, -0.15) is 13.2 Å². The van der Waals surface area contributed by atoms with Gasteiger partial charge in [-0.3, -0.25) is 4.72 Å². The number of rotatable bonds is 8. The van der Waals surface area contributed by atoms with Gasteiger partial charge in [0.2, 0.25) is 5.88 Å². The quantitative estimate of drug-likeness (QED) is 0.427. The predicted molar refractivity (Wildman–Crippen MR) is 136 cm³/mol. The molecule has 0 bridgehead atoms. The number of benzene rings is 1. The van der Waals surface area contributed by atoms with Crippen LogP contribution < -0.4 is 9.46 Å². The van der Waals surface area contributed by atoms with Gasteiger partial charge in [0.05, 0.1) is 11.8 Å². The molecule has 12 heteroatoms. The minimum absolute atomic E-state index is 0.0160. The number of pyridine rings is 1. The molecule has 204 valence electrons. The molecule has 1 fully saturated rings. The monoisotopic (exact) mass is 549 g/mol. The third kappa shape index (κ3) is 6.41. The Balaban J connectivity index is 1.52. The molecule has 0 aliphatic heterocycles. The Bertz CT molecular complexity index is 1350. The second-order valence-electron chi connectivity index (χ2n) is 9.51. The van der Waals surface area contributed by atoms with Gasteiger partial charge in [-0.1, -0.05) is 25.1 Å². The van der Waals surface area contributed by atoms with E-state index in [1.165, 1.54) is 43.0 Å². The smallest absolute Gasteiger partial charge is 0.416 e. The number of alkyl halides is 3. The number of halogens is 3. The lowest BCUT2D eigenvalue weighted by atomic mass is 9.79. The van der Waals surface area contributed by atoms with Crippen LogP contribution in [0.25, 0.3) is 0 Å². The maximum Gasteiger partial charge on any atom is 0.416 e. The number of ether oxygens (including phenoxy) is 1. The topological polar surface area (TPSA) is 97.3 Å². The standard InChI is InChI=1S/C26H30F3N5O3S/c1-4-17-13-21(38(35,36)33-24-10-11-30-16-32-24)15-31-25(17)37-23-9-8-19(14-22(23)34(2)3)18-6-5-7-20(12-18)26(27,28)29/h5-7,10-13,15-16,19,22-23H,4,8-9,14H2,1-3H3,(H,30,32,33). The van der Waals surface area contributed by atoms with Gasteiger partial charge in [0.15, 0.2) is 0 Å². The van der Waals surface area contributed by atoms with Crippen LogP contribution in [0.4, 0.5) is 19.0 Å². The molecular formula is C26H30F3N5O3S. The average Bonchev–Trinajstić information content (AvgIpc) is 2.89. The zero-order chi connectivity index (χ0) is 27.5. The van der Waals surface area contributed by atoms with E-state index in [0.717, 1.165) is 6.07 Å². The van der Waals surface area contributed by atoms with Gasteiger partial charge in [-0.15, -0.1) is 0 Å². The molecule has 8 nitrogen and oxygen atoms in total. The molecule has 3 aromatic rings. The summed E-state index contributed by atoms with van der Waals surface area (Å²) in [5.74, 6) is 0.455. The highest BCUT2D eigenvalue weighted by molar-refractivity contribution is 7.92. The minimum atomic E-state index is -4.39. The fourth-order valence-electron chi connectivity index (χ4n) is 4.74. The minimum Gasteiger partial charge on any atom is -0.472 e. The molecule has 1 N–H and O–H groups in total. The van der Waals surface area contributed by atoms with E-state index in [9.17, 15) is 21.6 Å². The third-order valence-corrected chi connectivity index (χ3v) is 8.10. The van der Waals surface area contributed by atoms with Crippen LogP contribution in [-0.2, 0) is 22.6 Å². The SMILES string of the molecule is CCc1cc(S(=O)(=O)Nc2ccncn2)cnc1OC1CCC(c2cccc(C(F)(F)F)c2)CC1N(C)C. The number of aryl methyl sites for hydroxylation is 1. The molecule has 1 aromatic carbocycles. The van der Waals surface area contributed by atoms with Gasteiger partial charge < -0.3 is 9.64 Å². The molecule has 3 atom stereocenters. The first-order valence-electron chi connectivity index (χ1n) is 12.3. The number of hydrogen-bond donors (Lipinski definition) is 1. The van der Waals surface area contributed by atoms with E-state index in [-0.39, 0.29) is 28.8 Å². The number of sulfonamides is 1. The summed E-state index contributed by atoms with van der Waals surface area (Å²) in [4.78, 5) is 14.0. The summed E-state index contributed by atoms with van der Waals surface area (Å²) in [7, 11) is -0.0889. The summed E-state index contributed by atoms with van der Waals surface area (Å²) in [6, 6.07) is 8.44. The van der Waals surface area contributed by atoms with E-state index < -0.39 is 21.8 Å².